The third kappa shape index (κ3) is 2.06. The lowest BCUT2D eigenvalue weighted by atomic mass is 10.1. The van der Waals surface area contributed by atoms with Gasteiger partial charge in [0.1, 0.15) is 0 Å². The van der Waals surface area contributed by atoms with E-state index in [1.807, 2.05) is 17.9 Å². The molecule has 0 spiro atoms. The molecular formula is C11H20N4. The molecule has 0 amide bonds. The molecule has 1 aliphatic rings. The van der Waals surface area contributed by atoms with Crippen molar-refractivity contribution in [3.05, 3.63) is 18.0 Å². The van der Waals surface area contributed by atoms with Crippen LogP contribution < -0.4 is 5.73 Å². The molecule has 1 aliphatic heterocycles. The van der Waals surface area contributed by atoms with E-state index in [1.165, 1.54) is 18.4 Å². The fourth-order valence-corrected chi connectivity index (χ4v) is 2.49. The van der Waals surface area contributed by atoms with Gasteiger partial charge in [0.15, 0.2) is 0 Å². The highest BCUT2D eigenvalue weighted by Crippen LogP contribution is 2.28. The van der Waals surface area contributed by atoms with Crippen LogP contribution in [0.3, 0.4) is 0 Å². The number of rotatable bonds is 3. The molecule has 2 N–H and O–H groups in total. The van der Waals surface area contributed by atoms with Crippen molar-refractivity contribution in [3.8, 4) is 0 Å². The number of aromatic nitrogens is 2. The van der Waals surface area contributed by atoms with Crippen molar-refractivity contribution < 1.29 is 0 Å². The highest BCUT2D eigenvalue weighted by molar-refractivity contribution is 5.12. The Balaban J connectivity index is 2.16. The molecular weight excluding hydrogens is 188 g/mol. The number of nitrogens with zero attached hydrogens (tertiary/aromatic N) is 3. The van der Waals surface area contributed by atoms with Crippen molar-refractivity contribution in [2.45, 2.75) is 31.8 Å². The van der Waals surface area contributed by atoms with Gasteiger partial charge in [-0.15, -0.1) is 0 Å². The molecule has 4 heteroatoms. The average molecular weight is 208 g/mol. The van der Waals surface area contributed by atoms with Crippen molar-refractivity contribution >= 4 is 0 Å². The Bertz CT molecular complexity index is 320. The number of hydrogen-bond donors (Lipinski definition) is 1. The van der Waals surface area contributed by atoms with E-state index in [1.54, 1.807) is 0 Å². The maximum absolute atomic E-state index is 5.88. The predicted octanol–water partition coefficient (Wildman–Crippen LogP) is 0.904. The van der Waals surface area contributed by atoms with Crippen LogP contribution >= 0.6 is 0 Å². The summed E-state index contributed by atoms with van der Waals surface area (Å²) in [5.41, 5.74) is 7.12. The fraction of sp³-hybridized carbons (Fsp3) is 0.727. The molecule has 0 saturated carbocycles. The summed E-state index contributed by atoms with van der Waals surface area (Å²) in [6.45, 7) is 4.12. The van der Waals surface area contributed by atoms with Crippen LogP contribution in [0.1, 0.15) is 31.4 Å². The Morgan fingerprint density at radius 3 is 2.93 bits per heavy atom. The molecule has 0 aliphatic carbocycles. The van der Waals surface area contributed by atoms with Gasteiger partial charge < -0.3 is 5.73 Å². The maximum Gasteiger partial charge on any atom is 0.0538 e. The molecule has 2 rings (SSSR count). The highest BCUT2D eigenvalue weighted by atomic mass is 15.3. The van der Waals surface area contributed by atoms with Gasteiger partial charge in [0.25, 0.3) is 0 Å². The number of likely N-dealkylation sites (tertiary alicyclic amines) is 1. The van der Waals surface area contributed by atoms with E-state index in [9.17, 15) is 0 Å². The Kier molecular flexibility index (Phi) is 3.07. The van der Waals surface area contributed by atoms with Crippen molar-refractivity contribution in [1.82, 2.24) is 14.7 Å². The molecule has 15 heavy (non-hydrogen) atoms. The SMILES string of the molecule is CC1CCCN1C(CN)c1cnn(C)c1. The minimum absolute atomic E-state index is 0.344. The quantitative estimate of drug-likeness (QED) is 0.803. The largest absolute Gasteiger partial charge is 0.329 e. The summed E-state index contributed by atoms with van der Waals surface area (Å²) in [4.78, 5) is 2.50. The molecule has 84 valence electrons. The monoisotopic (exact) mass is 208 g/mol. The summed E-state index contributed by atoms with van der Waals surface area (Å²) in [6.07, 6.45) is 6.58. The lowest BCUT2D eigenvalue weighted by Gasteiger charge is -2.29. The second-order valence-electron chi connectivity index (χ2n) is 4.43. The second-order valence-corrected chi connectivity index (χ2v) is 4.43. The molecule has 1 saturated heterocycles. The zero-order chi connectivity index (χ0) is 10.8. The van der Waals surface area contributed by atoms with E-state index in [2.05, 4.69) is 23.1 Å². The summed E-state index contributed by atoms with van der Waals surface area (Å²) in [7, 11) is 1.95. The highest BCUT2D eigenvalue weighted by Gasteiger charge is 2.28. The van der Waals surface area contributed by atoms with Crippen LogP contribution in [0.15, 0.2) is 12.4 Å². The molecule has 1 aromatic heterocycles. The Labute approximate surface area is 91.1 Å². The molecule has 0 aromatic carbocycles. The van der Waals surface area contributed by atoms with Crippen molar-refractivity contribution in [3.63, 3.8) is 0 Å². The summed E-state index contributed by atoms with van der Waals surface area (Å²) < 4.78 is 1.85. The van der Waals surface area contributed by atoms with Crippen molar-refractivity contribution in [2.75, 3.05) is 13.1 Å². The van der Waals surface area contributed by atoms with Crippen LogP contribution in [-0.4, -0.2) is 33.8 Å². The fourth-order valence-electron chi connectivity index (χ4n) is 2.49. The van der Waals surface area contributed by atoms with Crippen LogP contribution in [-0.2, 0) is 7.05 Å². The second kappa shape index (κ2) is 4.33. The van der Waals surface area contributed by atoms with Crippen molar-refractivity contribution in [1.29, 1.82) is 0 Å². The third-order valence-electron chi connectivity index (χ3n) is 3.34. The third-order valence-corrected chi connectivity index (χ3v) is 3.34. The van der Waals surface area contributed by atoms with Gasteiger partial charge in [-0.3, -0.25) is 9.58 Å². The van der Waals surface area contributed by atoms with Gasteiger partial charge in [-0.05, 0) is 26.3 Å². The summed E-state index contributed by atoms with van der Waals surface area (Å²) in [5.74, 6) is 0. The lowest BCUT2D eigenvalue weighted by molar-refractivity contribution is 0.195. The first-order chi connectivity index (χ1) is 7.22. The Morgan fingerprint density at radius 2 is 2.47 bits per heavy atom. The summed E-state index contributed by atoms with van der Waals surface area (Å²) in [5, 5.41) is 4.22. The molecule has 1 aromatic rings. The maximum atomic E-state index is 5.88. The van der Waals surface area contributed by atoms with Gasteiger partial charge in [0.05, 0.1) is 12.2 Å². The predicted molar refractivity (Wildman–Crippen MR) is 60.4 cm³/mol. The van der Waals surface area contributed by atoms with Gasteiger partial charge in [0, 0.05) is 31.4 Å². The topological polar surface area (TPSA) is 47.1 Å². The minimum atomic E-state index is 0.344. The van der Waals surface area contributed by atoms with E-state index < -0.39 is 0 Å². The Hall–Kier alpha value is -0.870. The number of nitrogens with two attached hydrogens (primary N) is 1. The molecule has 2 atom stereocenters. The molecule has 2 heterocycles. The van der Waals surface area contributed by atoms with E-state index in [0.29, 0.717) is 18.6 Å². The van der Waals surface area contributed by atoms with Gasteiger partial charge in [-0.1, -0.05) is 0 Å². The summed E-state index contributed by atoms with van der Waals surface area (Å²) >= 11 is 0. The van der Waals surface area contributed by atoms with Crippen LogP contribution in [0.4, 0.5) is 0 Å². The molecule has 0 radical (unpaired) electrons. The molecule has 2 unspecified atom stereocenters. The lowest BCUT2D eigenvalue weighted by Crippen LogP contribution is -2.35. The molecule has 0 bridgehead atoms. The number of hydrogen-bond acceptors (Lipinski definition) is 3. The van der Waals surface area contributed by atoms with Crippen LogP contribution in [0.2, 0.25) is 0 Å². The zero-order valence-electron chi connectivity index (χ0n) is 9.56. The first kappa shape index (κ1) is 10.6. The average Bonchev–Trinajstić information content (AvgIpc) is 2.79. The normalized spacial score (nSPS) is 24.6. The van der Waals surface area contributed by atoms with Gasteiger partial charge in [-0.25, -0.2) is 0 Å². The van der Waals surface area contributed by atoms with Crippen LogP contribution in [0.5, 0.6) is 0 Å². The Morgan fingerprint density at radius 1 is 1.67 bits per heavy atom. The smallest absolute Gasteiger partial charge is 0.0538 e. The first-order valence-electron chi connectivity index (χ1n) is 5.66. The van der Waals surface area contributed by atoms with Gasteiger partial charge in [-0.2, -0.15) is 5.10 Å². The summed E-state index contributed by atoms with van der Waals surface area (Å²) in [6, 6.07) is 0.995. The van der Waals surface area contributed by atoms with E-state index in [4.69, 9.17) is 5.73 Å². The van der Waals surface area contributed by atoms with Crippen LogP contribution in [0, 0.1) is 0 Å². The standard InChI is InChI=1S/C11H20N4/c1-9-4-3-5-15(9)11(6-12)10-7-13-14(2)8-10/h7-9,11H,3-6,12H2,1-2H3. The number of aryl methyl sites for hydroxylation is 1. The minimum Gasteiger partial charge on any atom is -0.329 e. The van der Waals surface area contributed by atoms with E-state index in [0.717, 1.165) is 6.54 Å². The molecule has 1 fully saturated rings. The van der Waals surface area contributed by atoms with Gasteiger partial charge in [0.2, 0.25) is 0 Å². The first-order valence-corrected chi connectivity index (χ1v) is 5.66. The van der Waals surface area contributed by atoms with Gasteiger partial charge >= 0.3 is 0 Å². The van der Waals surface area contributed by atoms with Crippen LogP contribution in [0.25, 0.3) is 0 Å². The van der Waals surface area contributed by atoms with Crippen molar-refractivity contribution in [2.24, 2.45) is 12.8 Å². The zero-order valence-corrected chi connectivity index (χ0v) is 9.56. The molecule has 4 nitrogen and oxygen atoms in total. The van der Waals surface area contributed by atoms with E-state index >= 15 is 0 Å². The van der Waals surface area contributed by atoms with E-state index in [-0.39, 0.29) is 0 Å².